The molecule has 0 radical (unpaired) electrons. The summed E-state index contributed by atoms with van der Waals surface area (Å²) >= 11 is 5.85. The molecule has 1 saturated heterocycles. The molecule has 1 unspecified atom stereocenters. The summed E-state index contributed by atoms with van der Waals surface area (Å²) in [4.78, 5) is 9.84. The van der Waals surface area contributed by atoms with Crippen molar-refractivity contribution in [3.63, 3.8) is 0 Å². The average molecular weight is 320 g/mol. The third-order valence-electron chi connectivity index (χ3n) is 3.17. The lowest BCUT2D eigenvalue weighted by Gasteiger charge is -2.24. The van der Waals surface area contributed by atoms with Crippen LogP contribution in [0, 0.1) is 10.1 Å². The molecule has 1 aliphatic heterocycles. The van der Waals surface area contributed by atoms with Gasteiger partial charge < -0.3 is 5.32 Å². The Morgan fingerprint density at radius 1 is 1.50 bits per heavy atom. The van der Waals surface area contributed by atoms with Crippen LogP contribution < -0.4 is 10.0 Å². The lowest BCUT2D eigenvalue weighted by molar-refractivity contribution is -0.384. The lowest BCUT2D eigenvalue weighted by Crippen LogP contribution is -2.47. The summed E-state index contributed by atoms with van der Waals surface area (Å²) in [6.07, 6.45) is 0.664. The van der Waals surface area contributed by atoms with Gasteiger partial charge in [-0.3, -0.25) is 10.1 Å². The van der Waals surface area contributed by atoms with Gasteiger partial charge >= 0.3 is 0 Å². The highest BCUT2D eigenvalue weighted by atomic mass is 35.5. The second-order valence-corrected chi connectivity index (χ2v) is 7.02. The van der Waals surface area contributed by atoms with Gasteiger partial charge in [0, 0.05) is 24.2 Å². The van der Waals surface area contributed by atoms with Gasteiger partial charge in [-0.25, -0.2) is 13.1 Å². The highest BCUT2D eigenvalue weighted by Crippen LogP contribution is 2.27. The van der Waals surface area contributed by atoms with Crippen LogP contribution in [0.5, 0.6) is 0 Å². The monoisotopic (exact) mass is 319 g/mol. The van der Waals surface area contributed by atoms with Gasteiger partial charge in [-0.15, -0.1) is 0 Å². The molecule has 1 fully saturated rings. The van der Waals surface area contributed by atoms with Crippen LogP contribution >= 0.6 is 11.6 Å². The summed E-state index contributed by atoms with van der Waals surface area (Å²) in [5, 5.41) is 13.5. The summed E-state index contributed by atoms with van der Waals surface area (Å²) in [5.41, 5.74) is -0.827. The molecular formula is C11H14ClN3O4S. The first-order valence-electron chi connectivity index (χ1n) is 5.92. The van der Waals surface area contributed by atoms with E-state index in [2.05, 4.69) is 10.0 Å². The molecule has 2 N–H and O–H groups in total. The van der Waals surface area contributed by atoms with Crippen molar-refractivity contribution in [1.29, 1.82) is 0 Å². The third-order valence-corrected chi connectivity index (χ3v) is 5.29. The van der Waals surface area contributed by atoms with Gasteiger partial charge in [-0.1, -0.05) is 11.6 Å². The topological polar surface area (TPSA) is 101 Å². The van der Waals surface area contributed by atoms with Crippen molar-refractivity contribution in [3.05, 3.63) is 33.3 Å². The average Bonchev–Trinajstić information content (AvgIpc) is 2.74. The van der Waals surface area contributed by atoms with Crippen LogP contribution in [0.25, 0.3) is 0 Å². The van der Waals surface area contributed by atoms with Crippen molar-refractivity contribution in [2.24, 2.45) is 0 Å². The quantitative estimate of drug-likeness (QED) is 0.643. The molecule has 1 aliphatic rings. The fourth-order valence-corrected chi connectivity index (χ4v) is 4.08. The molecule has 1 aromatic carbocycles. The van der Waals surface area contributed by atoms with E-state index in [1.807, 2.05) is 0 Å². The zero-order valence-electron chi connectivity index (χ0n) is 10.7. The van der Waals surface area contributed by atoms with E-state index in [0.717, 1.165) is 24.7 Å². The Kier molecular flexibility index (Phi) is 4.01. The minimum Gasteiger partial charge on any atom is -0.315 e. The number of nitro benzene ring substituents is 1. The summed E-state index contributed by atoms with van der Waals surface area (Å²) in [6, 6.07) is 3.30. The second kappa shape index (κ2) is 5.28. The molecule has 1 heterocycles. The first-order valence-corrected chi connectivity index (χ1v) is 7.78. The molecule has 0 spiro atoms. The Morgan fingerprint density at radius 3 is 2.70 bits per heavy atom. The number of rotatable bonds is 4. The third kappa shape index (κ3) is 3.09. The molecule has 0 bridgehead atoms. The fraction of sp³-hybridized carbons (Fsp3) is 0.455. The van der Waals surface area contributed by atoms with Crippen molar-refractivity contribution in [1.82, 2.24) is 10.0 Å². The number of nitrogens with zero attached hydrogens (tertiary/aromatic N) is 1. The lowest BCUT2D eigenvalue weighted by atomic mass is 10.0. The minimum atomic E-state index is -3.82. The van der Waals surface area contributed by atoms with Crippen molar-refractivity contribution < 1.29 is 13.3 Å². The van der Waals surface area contributed by atoms with E-state index in [1.54, 1.807) is 6.92 Å². The molecule has 1 atom stereocenters. The van der Waals surface area contributed by atoms with E-state index in [0.29, 0.717) is 13.0 Å². The van der Waals surface area contributed by atoms with Gasteiger partial charge in [-0.2, -0.15) is 0 Å². The van der Waals surface area contributed by atoms with Crippen molar-refractivity contribution in [2.45, 2.75) is 23.8 Å². The zero-order chi connectivity index (χ0) is 15.0. The number of nitrogens with one attached hydrogen (secondary N) is 2. The van der Waals surface area contributed by atoms with E-state index >= 15 is 0 Å². The highest BCUT2D eigenvalue weighted by molar-refractivity contribution is 7.89. The zero-order valence-corrected chi connectivity index (χ0v) is 12.3. The number of sulfonamides is 1. The van der Waals surface area contributed by atoms with Gasteiger partial charge in [0.15, 0.2) is 0 Å². The molecule has 9 heteroatoms. The van der Waals surface area contributed by atoms with Crippen molar-refractivity contribution in [3.8, 4) is 0 Å². The largest absolute Gasteiger partial charge is 0.315 e. The Balaban J connectivity index is 2.32. The number of non-ortho nitro benzene ring substituents is 1. The van der Waals surface area contributed by atoms with Crippen LogP contribution in [-0.4, -0.2) is 32.0 Å². The summed E-state index contributed by atoms with van der Waals surface area (Å²) in [5.74, 6) is 0. The first-order chi connectivity index (χ1) is 9.23. The van der Waals surface area contributed by atoms with E-state index < -0.39 is 20.5 Å². The maximum absolute atomic E-state index is 12.3. The number of hydrogen-bond donors (Lipinski definition) is 2. The maximum Gasteiger partial charge on any atom is 0.271 e. The van der Waals surface area contributed by atoms with E-state index in [-0.39, 0.29) is 15.6 Å². The molecule has 20 heavy (non-hydrogen) atoms. The van der Waals surface area contributed by atoms with Crippen LogP contribution in [0.2, 0.25) is 5.02 Å². The number of benzene rings is 1. The predicted octanol–water partition coefficient (Wildman–Crippen LogP) is 1.28. The van der Waals surface area contributed by atoms with Gasteiger partial charge in [0.25, 0.3) is 5.69 Å². The van der Waals surface area contributed by atoms with E-state index in [9.17, 15) is 18.5 Å². The molecule has 0 amide bonds. The fourth-order valence-electron chi connectivity index (χ4n) is 2.10. The molecule has 2 rings (SSSR count). The van der Waals surface area contributed by atoms with Gasteiger partial charge in [0.05, 0.1) is 9.95 Å². The normalized spacial score (nSPS) is 22.9. The van der Waals surface area contributed by atoms with E-state index in [4.69, 9.17) is 11.6 Å². The SMILES string of the molecule is CC1(NS(=O)(=O)c2ccc([N+](=O)[O-])cc2Cl)CCNC1. The van der Waals surface area contributed by atoms with Crippen LogP contribution in [0.15, 0.2) is 23.1 Å². The molecule has 1 aromatic rings. The number of hydrogen-bond acceptors (Lipinski definition) is 5. The Labute approximate surface area is 121 Å². The summed E-state index contributed by atoms with van der Waals surface area (Å²) < 4.78 is 27.2. The van der Waals surface area contributed by atoms with Gasteiger partial charge in [0.2, 0.25) is 10.0 Å². The Bertz CT molecular complexity index is 641. The molecular weight excluding hydrogens is 306 g/mol. The van der Waals surface area contributed by atoms with Crippen LogP contribution in [0.3, 0.4) is 0 Å². The second-order valence-electron chi connectivity index (χ2n) is 4.96. The highest BCUT2D eigenvalue weighted by Gasteiger charge is 2.34. The van der Waals surface area contributed by atoms with Gasteiger partial charge in [-0.05, 0) is 26.0 Å². The maximum atomic E-state index is 12.3. The van der Waals surface area contributed by atoms with Crippen LogP contribution in [-0.2, 0) is 10.0 Å². The molecule has 0 aromatic heterocycles. The van der Waals surface area contributed by atoms with Gasteiger partial charge in [0.1, 0.15) is 4.90 Å². The smallest absolute Gasteiger partial charge is 0.271 e. The summed E-state index contributed by atoms with van der Waals surface area (Å²) in [6.45, 7) is 3.05. The minimum absolute atomic E-state index is 0.155. The Morgan fingerprint density at radius 2 is 2.20 bits per heavy atom. The van der Waals surface area contributed by atoms with E-state index in [1.165, 1.54) is 0 Å². The number of halogens is 1. The predicted molar refractivity (Wildman–Crippen MR) is 74.3 cm³/mol. The Hall–Kier alpha value is -1.22. The number of nitro groups is 1. The van der Waals surface area contributed by atoms with Crippen LogP contribution in [0.4, 0.5) is 5.69 Å². The van der Waals surface area contributed by atoms with Crippen LogP contribution in [0.1, 0.15) is 13.3 Å². The first kappa shape index (κ1) is 15.2. The molecule has 7 nitrogen and oxygen atoms in total. The van der Waals surface area contributed by atoms with Crippen molar-refractivity contribution in [2.75, 3.05) is 13.1 Å². The molecule has 0 aliphatic carbocycles. The molecule has 110 valence electrons. The standard InChI is InChI=1S/C11H14ClN3O4S/c1-11(4-5-13-7-11)14-20(18,19)10-3-2-8(15(16)17)6-9(10)12/h2-3,6,13-14H,4-5,7H2,1H3. The molecule has 0 saturated carbocycles. The van der Waals surface area contributed by atoms with Crippen molar-refractivity contribution >= 4 is 27.3 Å². The summed E-state index contributed by atoms with van der Waals surface area (Å²) in [7, 11) is -3.82.